The van der Waals surface area contributed by atoms with Gasteiger partial charge in [-0.15, -0.1) is 0 Å². The topological polar surface area (TPSA) is 72.5 Å². The third-order valence-corrected chi connectivity index (χ3v) is 3.43. The fourth-order valence-corrected chi connectivity index (χ4v) is 2.02. The maximum atomic E-state index is 11.7. The number of carbonyl (C=O) groups excluding carboxylic acids is 1. The smallest absolute Gasteiger partial charge is 0.305 e. The van der Waals surface area contributed by atoms with Crippen molar-refractivity contribution in [2.75, 3.05) is 79.4 Å². The van der Waals surface area contributed by atoms with Crippen LogP contribution >= 0.6 is 0 Å². The molecule has 7 nitrogen and oxygen atoms in total. The number of hydrogen-bond donors (Lipinski definition) is 0. The van der Waals surface area contributed by atoms with Crippen LogP contribution in [0.3, 0.4) is 0 Å². The molecule has 8 heteroatoms. The molecule has 0 aliphatic rings. The second-order valence-electron chi connectivity index (χ2n) is 5.78. The van der Waals surface area contributed by atoms with E-state index in [2.05, 4.69) is 6.92 Å². The summed E-state index contributed by atoms with van der Waals surface area (Å²) in [5.74, 6) is -0.153. The van der Waals surface area contributed by atoms with E-state index in [9.17, 15) is 9.18 Å². The molecule has 0 rings (SSSR count). The van der Waals surface area contributed by atoms with Crippen molar-refractivity contribution in [2.24, 2.45) is 0 Å². The first-order valence-corrected chi connectivity index (χ1v) is 9.91. The van der Waals surface area contributed by atoms with Crippen LogP contribution in [0.15, 0.2) is 0 Å². The highest BCUT2D eigenvalue weighted by atomic mass is 19.1. The van der Waals surface area contributed by atoms with Gasteiger partial charge in [-0.3, -0.25) is 4.79 Å². The summed E-state index contributed by atoms with van der Waals surface area (Å²) in [6.45, 7) is 6.12. The number of esters is 1. The van der Waals surface area contributed by atoms with Crippen molar-refractivity contribution in [1.29, 1.82) is 0 Å². The molecule has 0 radical (unpaired) electrons. The van der Waals surface area contributed by atoms with E-state index in [1.165, 1.54) is 0 Å². The summed E-state index contributed by atoms with van der Waals surface area (Å²) in [4.78, 5) is 11.4. The van der Waals surface area contributed by atoms with E-state index >= 15 is 0 Å². The van der Waals surface area contributed by atoms with Gasteiger partial charge in [0.25, 0.3) is 0 Å². The Bertz CT molecular complexity index is 306. The normalized spacial score (nSPS) is 11.0. The van der Waals surface area contributed by atoms with Gasteiger partial charge < -0.3 is 28.4 Å². The molecule has 0 amide bonds. The van der Waals surface area contributed by atoms with Crippen LogP contribution in [0, 0.1) is 0 Å². The Morgan fingerprint density at radius 1 is 0.630 bits per heavy atom. The molecule has 0 unspecified atom stereocenters. The van der Waals surface area contributed by atoms with E-state index < -0.39 is 6.67 Å². The second-order valence-corrected chi connectivity index (χ2v) is 5.78. The zero-order valence-corrected chi connectivity index (χ0v) is 16.8. The van der Waals surface area contributed by atoms with Gasteiger partial charge in [-0.05, 0) is 6.42 Å². The van der Waals surface area contributed by atoms with E-state index in [4.69, 9.17) is 28.4 Å². The molecule has 162 valence electrons. The summed E-state index contributed by atoms with van der Waals surface area (Å²) < 4.78 is 43.0. The molecule has 0 aromatic rings. The molecule has 27 heavy (non-hydrogen) atoms. The van der Waals surface area contributed by atoms with Crippen molar-refractivity contribution in [1.82, 2.24) is 0 Å². The molecule has 0 saturated carbocycles. The molecular formula is C19H37FO7. The van der Waals surface area contributed by atoms with E-state index in [1.807, 2.05) is 0 Å². The highest BCUT2D eigenvalue weighted by molar-refractivity contribution is 5.69. The lowest BCUT2D eigenvalue weighted by atomic mass is 10.2. The largest absolute Gasteiger partial charge is 0.463 e. The molecular weight excluding hydrogens is 359 g/mol. The van der Waals surface area contributed by atoms with Gasteiger partial charge in [0.05, 0.1) is 66.1 Å². The summed E-state index contributed by atoms with van der Waals surface area (Å²) in [6.07, 6.45) is 4.77. The molecule has 0 heterocycles. The van der Waals surface area contributed by atoms with E-state index in [-0.39, 0.29) is 19.2 Å². The van der Waals surface area contributed by atoms with Crippen LogP contribution in [0.2, 0.25) is 0 Å². The molecule has 0 aliphatic heterocycles. The lowest BCUT2D eigenvalue weighted by Gasteiger charge is -2.08. The first kappa shape index (κ1) is 26.2. The van der Waals surface area contributed by atoms with Crippen molar-refractivity contribution in [3.63, 3.8) is 0 Å². The number of ether oxygens (including phenoxy) is 6. The minimum Gasteiger partial charge on any atom is -0.463 e. The van der Waals surface area contributed by atoms with Crippen LogP contribution in [-0.2, 0) is 33.2 Å². The third kappa shape index (κ3) is 23.2. The summed E-state index contributed by atoms with van der Waals surface area (Å²) in [7, 11) is 0. The van der Waals surface area contributed by atoms with Crippen molar-refractivity contribution in [3.8, 4) is 0 Å². The van der Waals surface area contributed by atoms with Crippen LogP contribution in [0.1, 0.15) is 39.0 Å². The Hall–Kier alpha value is -0.800. The molecule has 0 N–H and O–H groups in total. The van der Waals surface area contributed by atoms with Crippen molar-refractivity contribution < 1.29 is 37.6 Å². The Balaban J connectivity index is 3.07. The van der Waals surface area contributed by atoms with Crippen LogP contribution in [0.4, 0.5) is 4.39 Å². The standard InChI is InChI=1S/C19H37FO7/c1-2-3-4-5-6-19(21)27-18-17-26-16-15-25-14-13-24-12-11-23-10-9-22-8-7-20/h2-18H2,1H3. The van der Waals surface area contributed by atoms with Gasteiger partial charge in [-0.1, -0.05) is 26.2 Å². The van der Waals surface area contributed by atoms with E-state index in [0.29, 0.717) is 65.9 Å². The van der Waals surface area contributed by atoms with Crippen LogP contribution in [0.25, 0.3) is 0 Å². The highest BCUT2D eigenvalue weighted by Crippen LogP contribution is 2.03. The quantitative estimate of drug-likeness (QED) is 0.206. The molecule has 0 aliphatic carbocycles. The van der Waals surface area contributed by atoms with Gasteiger partial charge in [0, 0.05) is 6.42 Å². The molecule has 0 spiro atoms. The molecule has 0 fully saturated rings. The summed E-state index contributed by atoms with van der Waals surface area (Å²) in [5.41, 5.74) is 0. The maximum absolute atomic E-state index is 11.7. The summed E-state index contributed by atoms with van der Waals surface area (Å²) in [5, 5.41) is 0. The molecule has 0 bridgehead atoms. The predicted molar refractivity (Wildman–Crippen MR) is 99.8 cm³/mol. The van der Waals surface area contributed by atoms with Gasteiger partial charge >= 0.3 is 5.97 Å². The fourth-order valence-electron chi connectivity index (χ4n) is 2.02. The van der Waals surface area contributed by atoms with E-state index in [0.717, 1.165) is 25.7 Å². The van der Waals surface area contributed by atoms with Gasteiger partial charge in [-0.25, -0.2) is 4.39 Å². The Labute approximate surface area is 162 Å². The number of halogens is 1. The molecule has 0 saturated heterocycles. The van der Waals surface area contributed by atoms with Crippen molar-refractivity contribution in [3.05, 3.63) is 0 Å². The summed E-state index contributed by atoms with van der Waals surface area (Å²) in [6, 6.07) is 0. The van der Waals surface area contributed by atoms with Crippen LogP contribution in [0.5, 0.6) is 0 Å². The first-order chi connectivity index (χ1) is 13.3. The maximum Gasteiger partial charge on any atom is 0.305 e. The Morgan fingerprint density at radius 2 is 1.07 bits per heavy atom. The first-order valence-electron chi connectivity index (χ1n) is 9.91. The Kier molecular flexibility index (Phi) is 22.6. The van der Waals surface area contributed by atoms with Gasteiger partial charge in [0.15, 0.2) is 0 Å². The van der Waals surface area contributed by atoms with Crippen LogP contribution < -0.4 is 0 Å². The average molecular weight is 396 g/mol. The SMILES string of the molecule is CCCCCCC(=O)OCCOCCOCCOCCOCCOCCF. The number of carbonyl (C=O) groups is 1. The van der Waals surface area contributed by atoms with Gasteiger partial charge in [-0.2, -0.15) is 0 Å². The van der Waals surface area contributed by atoms with Gasteiger partial charge in [0.1, 0.15) is 13.3 Å². The number of rotatable bonds is 22. The zero-order valence-electron chi connectivity index (χ0n) is 16.8. The van der Waals surface area contributed by atoms with E-state index in [1.54, 1.807) is 0 Å². The minimum atomic E-state index is -0.471. The molecule has 0 aromatic heterocycles. The van der Waals surface area contributed by atoms with Crippen LogP contribution in [-0.4, -0.2) is 85.3 Å². The summed E-state index contributed by atoms with van der Waals surface area (Å²) >= 11 is 0. The second kappa shape index (κ2) is 23.2. The number of unbranched alkanes of at least 4 members (excludes halogenated alkanes) is 3. The number of hydrogen-bond acceptors (Lipinski definition) is 7. The lowest BCUT2D eigenvalue weighted by Crippen LogP contribution is -2.15. The predicted octanol–water partition coefficient (Wildman–Crippen LogP) is 2.55. The number of alkyl halides is 1. The fraction of sp³-hybridized carbons (Fsp3) is 0.947. The van der Waals surface area contributed by atoms with Gasteiger partial charge in [0.2, 0.25) is 0 Å². The Morgan fingerprint density at radius 3 is 1.52 bits per heavy atom. The molecule has 0 aromatic carbocycles. The van der Waals surface area contributed by atoms with Crippen molar-refractivity contribution >= 4 is 5.97 Å². The monoisotopic (exact) mass is 396 g/mol. The van der Waals surface area contributed by atoms with Crippen molar-refractivity contribution in [2.45, 2.75) is 39.0 Å². The zero-order chi connectivity index (χ0) is 19.8. The average Bonchev–Trinajstić information content (AvgIpc) is 2.67. The molecule has 0 atom stereocenters. The lowest BCUT2D eigenvalue weighted by molar-refractivity contribution is -0.145. The minimum absolute atomic E-state index is 0.116. The highest BCUT2D eigenvalue weighted by Gasteiger charge is 2.02. The third-order valence-electron chi connectivity index (χ3n) is 3.43.